The summed E-state index contributed by atoms with van der Waals surface area (Å²) in [5.41, 5.74) is -0.844. The zero-order valence-corrected chi connectivity index (χ0v) is 10.9. The Morgan fingerprint density at radius 2 is 1.76 bits per heavy atom. The highest BCUT2D eigenvalue weighted by molar-refractivity contribution is 5.80. The van der Waals surface area contributed by atoms with Gasteiger partial charge in [0.15, 0.2) is 0 Å². The summed E-state index contributed by atoms with van der Waals surface area (Å²) in [6.45, 7) is 7.02. The second-order valence-corrected chi connectivity index (χ2v) is 5.86. The molecule has 1 aliphatic heterocycles. The number of rotatable bonds is 2. The van der Waals surface area contributed by atoms with Gasteiger partial charge in [0, 0.05) is 13.1 Å². The fourth-order valence-corrected chi connectivity index (χ4v) is 3.56. The number of carboxylic acids is 1. The number of hydrogen-bond donors (Lipinski definition) is 1. The van der Waals surface area contributed by atoms with Crippen LogP contribution in [0.3, 0.4) is 0 Å². The highest BCUT2D eigenvalue weighted by atomic mass is 16.5. The van der Waals surface area contributed by atoms with Crippen molar-refractivity contribution in [2.24, 2.45) is 5.41 Å². The lowest BCUT2D eigenvalue weighted by molar-refractivity contribution is -0.171. The Labute approximate surface area is 103 Å². The summed E-state index contributed by atoms with van der Waals surface area (Å²) in [5, 5.41) is 9.79. The fourth-order valence-electron chi connectivity index (χ4n) is 3.56. The van der Waals surface area contributed by atoms with E-state index in [1.54, 1.807) is 0 Å². The third-order valence-electron chi connectivity index (χ3n) is 4.61. The summed E-state index contributed by atoms with van der Waals surface area (Å²) in [6, 6.07) is 0. The predicted molar refractivity (Wildman–Crippen MR) is 65.0 cm³/mol. The van der Waals surface area contributed by atoms with E-state index in [9.17, 15) is 9.90 Å². The van der Waals surface area contributed by atoms with Gasteiger partial charge >= 0.3 is 5.97 Å². The molecule has 1 unspecified atom stereocenters. The quantitative estimate of drug-likeness (QED) is 0.800. The van der Waals surface area contributed by atoms with Crippen LogP contribution in [-0.2, 0) is 9.53 Å². The molecule has 4 heteroatoms. The zero-order valence-electron chi connectivity index (χ0n) is 10.9. The van der Waals surface area contributed by atoms with E-state index in [2.05, 4.69) is 18.7 Å². The smallest absolute Gasteiger partial charge is 0.324 e. The van der Waals surface area contributed by atoms with Crippen LogP contribution in [0.2, 0.25) is 0 Å². The molecule has 1 saturated heterocycles. The van der Waals surface area contributed by atoms with Crippen molar-refractivity contribution in [1.29, 1.82) is 0 Å². The summed E-state index contributed by atoms with van der Waals surface area (Å²) in [7, 11) is 0. The van der Waals surface area contributed by atoms with Crippen LogP contribution < -0.4 is 0 Å². The Bertz CT molecular complexity index is 297. The monoisotopic (exact) mass is 241 g/mol. The first-order valence-electron chi connectivity index (χ1n) is 6.57. The first-order valence-corrected chi connectivity index (χ1v) is 6.57. The van der Waals surface area contributed by atoms with Crippen LogP contribution in [0.5, 0.6) is 0 Å². The number of aliphatic carboxylic acids is 1. The number of morpholine rings is 1. The molecule has 0 spiro atoms. The van der Waals surface area contributed by atoms with Crippen LogP contribution in [0.25, 0.3) is 0 Å². The Balaban J connectivity index is 2.32. The minimum Gasteiger partial charge on any atom is -0.480 e. The van der Waals surface area contributed by atoms with Gasteiger partial charge in [-0.15, -0.1) is 0 Å². The molecule has 0 bridgehead atoms. The van der Waals surface area contributed by atoms with Crippen LogP contribution in [0, 0.1) is 5.41 Å². The molecule has 2 aliphatic rings. The van der Waals surface area contributed by atoms with E-state index in [1.807, 2.05) is 0 Å². The van der Waals surface area contributed by atoms with Gasteiger partial charge in [0.25, 0.3) is 0 Å². The van der Waals surface area contributed by atoms with Crippen molar-refractivity contribution in [3.63, 3.8) is 0 Å². The molecule has 0 aromatic heterocycles. The SMILES string of the molecule is CC1(C)CCCCC1(C(=O)O)N1CCOCC1. The Kier molecular flexibility index (Phi) is 3.46. The molecule has 4 nitrogen and oxygen atoms in total. The molecule has 1 N–H and O–H groups in total. The van der Waals surface area contributed by atoms with E-state index in [-0.39, 0.29) is 5.41 Å². The van der Waals surface area contributed by atoms with Gasteiger partial charge in [0.1, 0.15) is 5.54 Å². The van der Waals surface area contributed by atoms with Crippen molar-refractivity contribution >= 4 is 5.97 Å². The van der Waals surface area contributed by atoms with Crippen LogP contribution in [-0.4, -0.2) is 47.8 Å². The Morgan fingerprint density at radius 3 is 2.29 bits per heavy atom. The molecule has 1 heterocycles. The fraction of sp³-hybridized carbons (Fsp3) is 0.923. The average Bonchev–Trinajstić information content (AvgIpc) is 2.29. The second-order valence-electron chi connectivity index (χ2n) is 5.86. The summed E-state index contributed by atoms with van der Waals surface area (Å²) < 4.78 is 5.35. The van der Waals surface area contributed by atoms with E-state index in [4.69, 9.17) is 4.74 Å². The maximum absolute atomic E-state index is 11.9. The Hall–Kier alpha value is -0.610. The van der Waals surface area contributed by atoms with Gasteiger partial charge in [0.05, 0.1) is 13.2 Å². The second kappa shape index (κ2) is 4.58. The lowest BCUT2D eigenvalue weighted by Gasteiger charge is -2.54. The molecule has 2 rings (SSSR count). The first kappa shape index (κ1) is 12.8. The third-order valence-corrected chi connectivity index (χ3v) is 4.61. The molecule has 1 saturated carbocycles. The lowest BCUT2D eigenvalue weighted by Crippen LogP contribution is -2.66. The van der Waals surface area contributed by atoms with Crippen molar-refractivity contribution in [2.75, 3.05) is 26.3 Å². The third kappa shape index (κ3) is 1.97. The normalized spacial score (nSPS) is 34.5. The van der Waals surface area contributed by atoms with Crippen molar-refractivity contribution in [3.8, 4) is 0 Å². The topological polar surface area (TPSA) is 49.8 Å². The molecule has 98 valence electrons. The number of ether oxygens (including phenoxy) is 1. The minimum absolute atomic E-state index is 0.158. The van der Waals surface area contributed by atoms with Crippen LogP contribution in [0.15, 0.2) is 0 Å². The lowest BCUT2D eigenvalue weighted by atomic mass is 9.62. The molecular weight excluding hydrogens is 218 g/mol. The van der Waals surface area contributed by atoms with Gasteiger partial charge in [-0.05, 0) is 18.3 Å². The van der Waals surface area contributed by atoms with Gasteiger partial charge in [-0.1, -0.05) is 26.7 Å². The van der Waals surface area contributed by atoms with Crippen molar-refractivity contribution in [3.05, 3.63) is 0 Å². The largest absolute Gasteiger partial charge is 0.480 e. The zero-order chi connectivity index (χ0) is 12.5. The molecule has 0 amide bonds. The summed E-state index contributed by atoms with van der Waals surface area (Å²) >= 11 is 0. The van der Waals surface area contributed by atoms with Crippen molar-refractivity contribution in [2.45, 2.75) is 45.1 Å². The molecule has 0 radical (unpaired) electrons. The minimum atomic E-state index is -0.685. The summed E-state index contributed by atoms with van der Waals surface area (Å²) in [5.74, 6) is -0.649. The van der Waals surface area contributed by atoms with Crippen molar-refractivity contribution in [1.82, 2.24) is 4.90 Å². The Morgan fingerprint density at radius 1 is 1.18 bits per heavy atom. The van der Waals surface area contributed by atoms with E-state index >= 15 is 0 Å². The van der Waals surface area contributed by atoms with E-state index in [1.165, 1.54) is 0 Å². The van der Waals surface area contributed by atoms with Gasteiger partial charge in [0.2, 0.25) is 0 Å². The molecular formula is C13H23NO3. The van der Waals surface area contributed by atoms with Gasteiger partial charge in [-0.3, -0.25) is 9.69 Å². The van der Waals surface area contributed by atoms with E-state index in [0.717, 1.165) is 38.8 Å². The van der Waals surface area contributed by atoms with E-state index in [0.29, 0.717) is 13.2 Å². The number of hydrogen-bond acceptors (Lipinski definition) is 3. The van der Waals surface area contributed by atoms with Gasteiger partial charge < -0.3 is 9.84 Å². The standard InChI is InChI=1S/C13H23NO3/c1-12(2)5-3-4-6-13(12,11(15)16)14-7-9-17-10-8-14/h3-10H2,1-2H3,(H,15,16). The molecule has 0 aromatic rings. The highest BCUT2D eigenvalue weighted by Crippen LogP contribution is 2.47. The van der Waals surface area contributed by atoms with Crippen LogP contribution >= 0.6 is 0 Å². The number of carbonyl (C=O) groups is 1. The summed E-state index contributed by atoms with van der Waals surface area (Å²) in [4.78, 5) is 14.1. The molecule has 2 fully saturated rings. The molecule has 0 aromatic carbocycles. The van der Waals surface area contributed by atoms with Gasteiger partial charge in [-0.2, -0.15) is 0 Å². The maximum Gasteiger partial charge on any atom is 0.324 e. The van der Waals surface area contributed by atoms with Crippen LogP contribution in [0.4, 0.5) is 0 Å². The van der Waals surface area contributed by atoms with Crippen LogP contribution in [0.1, 0.15) is 39.5 Å². The molecule has 1 aliphatic carbocycles. The summed E-state index contributed by atoms with van der Waals surface area (Å²) in [6.07, 6.45) is 3.94. The first-order chi connectivity index (χ1) is 8.01. The highest BCUT2D eigenvalue weighted by Gasteiger charge is 2.56. The number of carboxylic acid groups (broad SMARTS) is 1. The predicted octanol–water partition coefficient (Wildman–Crippen LogP) is 1.74. The average molecular weight is 241 g/mol. The van der Waals surface area contributed by atoms with Crippen molar-refractivity contribution < 1.29 is 14.6 Å². The molecule has 17 heavy (non-hydrogen) atoms. The maximum atomic E-state index is 11.9. The van der Waals surface area contributed by atoms with E-state index < -0.39 is 11.5 Å². The molecule has 1 atom stereocenters. The van der Waals surface area contributed by atoms with Gasteiger partial charge in [-0.25, -0.2) is 0 Å². The number of nitrogens with zero attached hydrogens (tertiary/aromatic N) is 1.